The molecule has 130 valence electrons. The first-order chi connectivity index (χ1) is 11.1. The predicted molar refractivity (Wildman–Crippen MR) is 82.0 cm³/mol. The minimum Gasteiger partial charge on any atom is -0.316 e. The van der Waals surface area contributed by atoms with Gasteiger partial charge in [-0.25, -0.2) is 0 Å². The summed E-state index contributed by atoms with van der Waals surface area (Å²) >= 11 is 0. The molecule has 2 aromatic heterocycles. The lowest BCUT2D eigenvalue weighted by molar-refractivity contribution is -0.141. The van der Waals surface area contributed by atoms with E-state index in [-0.39, 0.29) is 17.3 Å². The van der Waals surface area contributed by atoms with E-state index < -0.39 is 24.2 Å². The lowest BCUT2D eigenvalue weighted by Gasteiger charge is -2.10. The van der Waals surface area contributed by atoms with Crippen molar-refractivity contribution in [1.29, 1.82) is 0 Å². The van der Waals surface area contributed by atoms with Crippen molar-refractivity contribution in [3.05, 3.63) is 46.1 Å². The average molecular weight is 342 g/mol. The number of carbonyl (C=O) groups excluding carboxylic acids is 1. The molecule has 0 aliphatic carbocycles. The molecular formula is C15H17F3N4O2. The Hall–Kier alpha value is -2.58. The first kappa shape index (κ1) is 17.8. The quantitative estimate of drug-likeness (QED) is 0.928. The van der Waals surface area contributed by atoms with Crippen molar-refractivity contribution in [1.82, 2.24) is 14.3 Å². The lowest BCUT2D eigenvalue weighted by atomic mass is 10.1. The normalized spacial score (nSPS) is 11.8. The van der Waals surface area contributed by atoms with Crippen LogP contribution in [0.25, 0.3) is 0 Å². The van der Waals surface area contributed by atoms with Crippen molar-refractivity contribution < 1.29 is 18.0 Å². The number of amides is 1. The Balaban J connectivity index is 2.25. The van der Waals surface area contributed by atoms with Crippen molar-refractivity contribution in [2.24, 2.45) is 7.05 Å². The molecule has 24 heavy (non-hydrogen) atoms. The minimum absolute atomic E-state index is 0.0897. The molecule has 2 aromatic rings. The summed E-state index contributed by atoms with van der Waals surface area (Å²) in [4.78, 5) is 24.2. The second kappa shape index (κ2) is 6.50. The van der Waals surface area contributed by atoms with Crippen LogP contribution in [-0.4, -0.2) is 26.4 Å². The molecule has 0 unspecified atom stereocenters. The highest BCUT2D eigenvalue weighted by atomic mass is 19.4. The third-order valence-corrected chi connectivity index (χ3v) is 3.36. The number of rotatable bonds is 4. The zero-order valence-corrected chi connectivity index (χ0v) is 13.4. The number of hydrogen-bond donors (Lipinski definition) is 1. The number of aromatic nitrogens is 3. The van der Waals surface area contributed by atoms with Crippen LogP contribution in [0.3, 0.4) is 0 Å². The highest BCUT2D eigenvalue weighted by molar-refractivity contribution is 6.02. The van der Waals surface area contributed by atoms with E-state index in [1.165, 1.54) is 12.1 Å². The molecule has 0 bridgehead atoms. The van der Waals surface area contributed by atoms with Crippen LogP contribution in [0, 0.1) is 0 Å². The van der Waals surface area contributed by atoms with Crippen LogP contribution in [0.5, 0.6) is 0 Å². The van der Waals surface area contributed by atoms with Crippen LogP contribution in [0.4, 0.5) is 18.9 Å². The maximum atomic E-state index is 12.4. The molecule has 0 spiro atoms. The van der Waals surface area contributed by atoms with Gasteiger partial charge in [0.25, 0.3) is 11.5 Å². The van der Waals surface area contributed by atoms with E-state index in [0.717, 1.165) is 11.9 Å². The van der Waals surface area contributed by atoms with Crippen LogP contribution in [0.15, 0.2) is 29.2 Å². The number of carbonyl (C=O) groups is 1. The van der Waals surface area contributed by atoms with Gasteiger partial charge >= 0.3 is 6.18 Å². The van der Waals surface area contributed by atoms with E-state index in [2.05, 4.69) is 10.4 Å². The molecular weight excluding hydrogens is 325 g/mol. The minimum atomic E-state index is -4.53. The van der Waals surface area contributed by atoms with Crippen molar-refractivity contribution in [3.63, 3.8) is 0 Å². The number of aryl methyl sites for hydroxylation is 1. The summed E-state index contributed by atoms with van der Waals surface area (Å²) < 4.78 is 39.4. The van der Waals surface area contributed by atoms with Gasteiger partial charge in [0.1, 0.15) is 12.2 Å². The van der Waals surface area contributed by atoms with Crippen molar-refractivity contribution in [2.45, 2.75) is 32.5 Å². The average Bonchev–Trinajstić information content (AvgIpc) is 2.84. The third kappa shape index (κ3) is 4.03. The number of nitrogens with one attached hydrogen (secondary N) is 1. The number of anilines is 1. The molecule has 6 nitrogen and oxygen atoms in total. The van der Waals surface area contributed by atoms with Crippen molar-refractivity contribution in [3.8, 4) is 0 Å². The van der Waals surface area contributed by atoms with Crippen LogP contribution < -0.4 is 10.9 Å². The predicted octanol–water partition coefficient (Wildman–Crippen LogP) is 2.52. The molecule has 0 atom stereocenters. The van der Waals surface area contributed by atoms with E-state index in [0.29, 0.717) is 4.57 Å². The fourth-order valence-electron chi connectivity index (χ4n) is 2.27. The van der Waals surface area contributed by atoms with Gasteiger partial charge in [0.05, 0.1) is 0 Å². The smallest absolute Gasteiger partial charge is 0.316 e. The molecule has 1 N–H and O–H groups in total. The van der Waals surface area contributed by atoms with Gasteiger partial charge in [0.15, 0.2) is 5.69 Å². The van der Waals surface area contributed by atoms with Gasteiger partial charge in [-0.3, -0.25) is 14.3 Å². The summed E-state index contributed by atoms with van der Waals surface area (Å²) in [6.45, 7) is 2.45. The van der Waals surface area contributed by atoms with Gasteiger partial charge < -0.3 is 9.88 Å². The summed E-state index contributed by atoms with van der Waals surface area (Å²) in [7, 11) is 1.69. The molecule has 0 aromatic carbocycles. The van der Waals surface area contributed by atoms with E-state index in [4.69, 9.17) is 0 Å². The number of nitrogens with zero attached hydrogens (tertiary/aromatic N) is 3. The second-order valence-corrected chi connectivity index (χ2v) is 5.66. The Morgan fingerprint density at radius 3 is 2.58 bits per heavy atom. The fourth-order valence-corrected chi connectivity index (χ4v) is 2.27. The van der Waals surface area contributed by atoms with Crippen LogP contribution >= 0.6 is 0 Å². The van der Waals surface area contributed by atoms with E-state index in [1.54, 1.807) is 17.8 Å². The molecule has 0 fully saturated rings. The van der Waals surface area contributed by atoms with Crippen LogP contribution in [-0.2, 0) is 13.6 Å². The monoisotopic (exact) mass is 342 g/mol. The summed E-state index contributed by atoms with van der Waals surface area (Å²) in [5.74, 6) is -0.510. The Kier molecular flexibility index (Phi) is 4.81. The van der Waals surface area contributed by atoms with Gasteiger partial charge in [0, 0.05) is 18.9 Å². The molecule has 0 aliphatic rings. The Morgan fingerprint density at radius 1 is 1.38 bits per heavy atom. The maximum absolute atomic E-state index is 12.4. The summed E-state index contributed by atoms with van der Waals surface area (Å²) in [5, 5.41) is 6.37. The molecule has 2 rings (SSSR count). The number of alkyl halides is 3. The maximum Gasteiger partial charge on any atom is 0.406 e. The largest absolute Gasteiger partial charge is 0.406 e. The van der Waals surface area contributed by atoms with Gasteiger partial charge in [-0.2, -0.15) is 18.3 Å². The molecule has 0 radical (unpaired) electrons. The summed E-state index contributed by atoms with van der Waals surface area (Å²) in [5.41, 5.74) is -0.249. The van der Waals surface area contributed by atoms with E-state index in [9.17, 15) is 22.8 Å². The molecule has 0 saturated heterocycles. The molecule has 1 amide bonds. The molecule has 9 heteroatoms. The van der Waals surface area contributed by atoms with Crippen molar-refractivity contribution in [2.75, 3.05) is 5.32 Å². The number of hydrogen-bond acceptors (Lipinski definition) is 3. The van der Waals surface area contributed by atoms with Crippen LogP contribution in [0.1, 0.15) is 35.9 Å². The van der Waals surface area contributed by atoms with Crippen LogP contribution in [0.2, 0.25) is 0 Å². The lowest BCUT2D eigenvalue weighted by Crippen LogP contribution is -2.30. The van der Waals surface area contributed by atoms with Gasteiger partial charge in [-0.05, 0) is 24.1 Å². The van der Waals surface area contributed by atoms with Gasteiger partial charge in [0.2, 0.25) is 0 Å². The number of halogens is 3. The fraction of sp³-hybridized carbons (Fsp3) is 0.400. The molecule has 2 heterocycles. The highest BCUT2D eigenvalue weighted by Gasteiger charge is 2.28. The first-order valence-corrected chi connectivity index (χ1v) is 7.20. The zero-order valence-electron chi connectivity index (χ0n) is 13.4. The van der Waals surface area contributed by atoms with Gasteiger partial charge in [-0.1, -0.05) is 13.8 Å². The standard InChI is InChI=1S/C15H17F3N4O2/c1-9(2)12-7-11(20-21(12)3)13(23)19-10-5-4-6-22(14(10)24)8-15(16,17)18/h4-7,9H,8H2,1-3H3,(H,19,23). The third-order valence-electron chi connectivity index (χ3n) is 3.36. The highest BCUT2D eigenvalue weighted by Crippen LogP contribution is 2.17. The molecule has 0 aliphatic heterocycles. The zero-order chi connectivity index (χ0) is 18.1. The van der Waals surface area contributed by atoms with E-state index in [1.807, 2.05) is 13.8 Å². The SMILES string of the molecule is CC(C)c1cc(C(=O)Nc2cccn(CC(F)(F)F)c2=O)nn1C. The Labute approximate surface area is 135 Å². The topological polar surface area (TPSA) is 68.9 Å². The molecule has 0 saturated carbocycles. The van der Waals surface area contributed by atoms with Crippen molar-refractivity contribution >= 4 is 11.6 Å². The Bertz CT molecular complexity index is 806. The Morgan fingerprint density at radius 2 is 2.04 bits per heavy atom. The number of pyridine rings is 1. The summed E-state index contributed by atoms with van der Waals surface area (Å²) in [6.07, 6.45) is -3.51. The summed E-state index contributed by atoms with van der Waals surface area (Å²) in [6, 6.07) is 4.09. The second-order valence-electron chi connectivity index (χ2n) is 5.66. The van der Waals surface area contributed by atoms with E-state index >= 15 is 0 Å². The first-order valence-electron chi connectivity index (χ1n) is 7.20. The van der Waals surface area contributed by atoms with Gasteiger partial charge in [-0.15, -0.1) is 0 Å².